The molecule has 0 spiro atoms. The lowest BCUT2D eigenvalue weighted by molar-refractivity contribution is 0.0639. The molecule has 7 N–H and O–H groups in total. The minimum atomic E-state index is -0.480. The van der Waals surface area contributed by atoms with E-state index in [1.165, 1.54) is 0 Å². The van der Waals surface area contributed by atoms with E-state index in [1.807, 2.05) is 10.6 Å². The third kappa shape index (κ3) is 4.56. The molecule has 1 aromatic carbocycles. The lowest BCUT2D eigenvalue weighted by atomic mass is 10.2. The van der Waals surface area contributed by atoms with Gasteiger partial charge >= 0.3 is 0 Å². The number of nitrogens with zero attached hydrogens (tertiary/aromatic N) is 2. The summed E-state index contributed by atoms with van der Waals surface area (Å²) in [4.78, 5) is 15.6. The van der Waals surface area contributed by atoms with Gasteiger partial charge in [0, 0.05) is 19.2 Å². The minimum Gasteiger partial charge on any atom is -0.369 e. The van der Waals surface area contributed by atoms with Crippen LogP contribution in [0.2, 0.25) is 0 Å². The Kier molecular flexibility index (Phi) is 6.51. The summed E-state index contributed by atoms with van der Waals surface area (Å²) in [6.45, 7) is 5.15. The van der Waals surface area contributed by atoms with E-state index in [1.54, 1.807) is 25.3 Å². The Morgan fingerprint density at radius 2 is 2.24 bits per heavy atom. The molecule has 8 nitrogen and oxygen atoms in total. The number of nitrogens with two attached hydrogens (primary N) is 3. The van der Waals surface area contributed by atoms with Crippen LogP contribution in [0.15, 0.2) is 30.9 Å². The fraction of sp³-hybridized carbons (Fsp3) is 0.412. The molecule has 0 bridgehead atoms. The van der Waals surface area contributed by atoms with Crippen molar-refractivity contribution in [2.75, 3.05) is 19.4 Å². The Labute approximate surface area is 147 Å². The van der Waals surface area contributed by atoms with Gasteiger partial charge in [-0.2, -0.15) is 0 Å². The molecule has 2 aromatic rings. The third-order valence-electron chi connectivity index (χ3n) is 4.09. The molecule has 0 aliphatic rings. The first-order valence-corrected chi connectivity index (χ1v) is 8.17. The van der Waals surface area contributed by atoms with Crippen molar-refractivity contribution in [3.8, 4) is 0 Å². The maximum Gasteiger partial charge on any atom is 0.248 e. The summed E-state index contributed by atoms with van der Waals surface area (Å²) in [6, 6.07) is 4.91. The van der Waals surface area contributed by atoms with Crippen molar-refractivity contribution in [1.29, 1.82) is 0 Å². The van der Waals surface area contributed by atoms with Gasteiger partial charge in [-0.25, -0.2) is 4.98 Å². The van der Waals surface area contributed by atoms with Gasteiger partial charge in [0.1, 0.15) is 6.23 Å². The summed E-state index contributed by atoms with van der Waals surface area (Å²) in [5.74, 6) is -0.0560. The number of aryl methyl sites for hydroxylation is 1. The summed E-state index contributed by atoms with van der Waals surface area (Å²) in [5, 5.41) is 3.25. The quantitative estimate of drug-likeness (QED) is 0.282. The van der Waals surface area contributed by atoms with E-state index in [2.05, 4.69) is 16.9 Å². The lowest BCUT2D eigenvalue weighted by Crippen LogP contribution is -2.45. The second-order valence-corrected chi connectivity index (χ2v) is 5.82. The Bertz CT molecular complexity index is 742. The number of benzene rings is 1. The zero-order valence-corrected chi connectivity index (χ0v) is 14.4. The number of nitrogens with one attached hydrogen (secondary N) is 1. The predicted molar refractivity (Wildman–Crippen MR) is 98.9 cm³/mol. The average Bonchev–Trinajstić information content (AvgIpc) is 2.92. The smallest absolute Gasteiger partial charge is 0.248 e. The molecule has 0 fully saturated rings. The summed E-state index contributed by atoms with van der Waals surface area (Å²) < 4.78 is 7.22. The van der Waals surface area contributed by atoms with E-state index >= 15 is 0 Å². The number of rotatable bonds is 10. The van der Waals surface area contributed by atoms with Crippen LogP contribution in [0.5, 0.6) is 0 Å². The molecular weight excluding hydrogens is 320 g/mol. The standard InChI is InChI=1S/C17H26N6O2/c1-3-12(18)16(25-2)21-8-4-5-9-23-14-7-6-11(15(19)24)10-13(14)22-17(23)20/h3,6-7,10,12,16,21H,1,4-5,8-9,18H2,2H3,(H2,19,24)(H2,20,22). The van der Waals surface area contributed by atoms with E-state index in [-0.39, 0.29) is 12.3 Å². The molecule has 0 radical (unpaired) electrons. The number of fused-ring (bicyclic) bond motifs is 1. The molecule has 136 valence electrons. The molecule has 0 aliphatic heterocycles. The highest BCUT2D eigenvalue weighted by Gasteiger charge is 2.13. The van der Waals surface area contributed by atoms with Crippen molar-refractivity contribution in [2.24, 2.45) is 11.5 Å². The molecular formula is C17H26N6O2. The summed E-state index contributed by atoms with van der Waals surface area (Å²) in [6.07, 6.45) is 3.23. The highest BCUT2D eigenvalue weighted by molar-refractivity contribution is 5.96. The lowest BCUT2D eigenvalue weighted by Gasteiger charge is -2.21. The van der Waals surface area contributed by atoms with Gasteiger partial charge in [-0.3, -0.25) is 10.1 Å². The number of hydrogen-bond acceptors (Lipinski definition) is 6. The zero-order chi connectivity index (χ0) is 18.4. The number of anilines is 1. The van der Waals surface area contributed by atoms with Crippen LogP contribution in [-0.2, 0) is 11.3 Å². The Morgan fingerprint density at radius 1 is 1.48 bits per heavy atom. The van der Waals surface area contributed by atoms with Crippen LogP contribution in [0.3, 0.4) is 0 Å². The number of aromatic nitrogens is 2. The van der Waals surface area contributed by atoms with Crippen molar-refractivity contribution < 1.29 is 9.53 Å². The summed E-state index contributed by atoms with van der Waals surface area (Å²) in [5.41, 5.74) is 19.1. The van der Waals surface area contributed by atoms with Gasteiger partial charge in [0.05, 0.1) is 17.1 Å². The summed E-state index contributed by atoms with van der Waals surface area (Å²) in [7, 11) is 1.61. The first-order chi connectivity index (χ1) is 12.0. The average molecular weight is 346 g/mol. The van der Waals surface area contributed by atoms with E-state index < -0.39 is 5.91 Å². The molecule has 0 aliphatic carbocycles. The number of unbranched alkanes of at least 4 members (excludes halogenated alkanes) is 1. The molecule has 1 aromatic heterocycles. The fourth-order valence-corrected chi connectivity index (χ4v) is 2.68. The molecule has 0 saturated carbocycles. The zero-order valence-electron chi connectivity index (χ0n) is 14.4. The minimum absolute atomic E-state index is 0.246. The topological polar surface area (TPSA) is 134 Å². The monoisotopic (exact) mass is 346 g/mol. The molecule has 2 rings (SSSR count). The van der Waals surface area contributed by atoms with Crippen LogP contribution in [0.4, 0.5) is 5.95 Å². The Hall–Kier alpha value is -2.42. The van der Waals surface area contributed by atoms with Crippen molar-refractivity contribution >= 4 is 22.9 Å². The number of nitrogen functional groups attached to an aromatic ring is 1. The van der Waals surface area contributed by atoms with Crippen LogP contribution in [0, 0.1) is 0 Å². The predicted octanol–water partition coefficient (Wildman–Crippen LogP) is 0.573. The van der Waals surface area contributed by atoms with Crippen LogP contribution in [0.1, 0.15) is 23.2 Å². The van der Waals surface area contributed by atoms with Crippen molar-refractivity contribution in [3.63, 3.8) is 0 Å². The number of hydrogen-bond donors (Lipinski definition) is 4. The van der Waals surface area contributed by atoms with Gasteiger partial charge in [0.2, 0.25) is 11.9 Å². The number of imidazole rings is 1. The van der Waals surface area contributed by atoms with Gasteiger partial charge in [0.15, 0.2) is 0 Å². The van der Waals surface area contributed by atoms with Gasteiger partial charge in [-0.15, -0.1) is 6.58 Å². The molecule has 8 heteroatoms. The first kappa shape index (κ1) is 18.9. The number of amides is 1. The molecule has 0 saturated heterocycles. The Balaban J connectivity index is 1.92. The maximum atomic E-state index is 11.3. The largest absolute Gasteiger partial charge is 0.369 e. The van der Waals surface area contributed by atoms with E-state index in [0.717, 1.165) is 31.4 Å². The number of primary amides is 1. The molecule has 2 unspecified atom stereocenters. The number of carbonyl (C=O) groups excluding carboxylic acids is 1. The van der Waals surface area contributed by atoms with Crippen molar-refractivity contribution in [3.05, 3.63) is 36.4 Å². The normalized spacial score (nSPS) is 13.7. The van der Waals surface area contributed by atoms with Crippen LogP contribution < -0.4 is 22.5 Å². The molecule has 25 heavy (non-hydrogen) atoms. The highest BCUT2D eigenvalue weighted by atomic mass is 16.5. The second-order valence-electron chi connectivity index (χ2n) is 5.82. The number of carbonyl (C=O) groups is 1. The maximum absolute atomic E-state index is 11.3. The van der Waals surface area contributed by atoms with Gasteiger partial charge in [-0.05, 0) is 37.6 Å². The van der Waals surface area contributed by atoms with Crippen LogP contribution in [-0.4, -0.2) is 41.4 Å². The Morgan fingerprint density at radius 3 is 2.88 bits per heavy atom. The molecule has 1 amide bonds. The third-order valence-corrected chi connectivity index (χ3v) is 4.09. The first-order valence-electron chi connectivity index (χ1n) is 8.17. The SMILES string of the molecule is C=CC(N)C(NCCCCn1c(N)nc2cc(C(N)=O)ccc21)OC. The van der Waals surface area contributed by atoms with Crippen molar-refractivity contribution in [2.45, 2.75) is 31.7 Å². The van der Waals surface area contributed by atoms with E-state index in [9.17, 15) is 4.79 Å². The van der Waals surface area contributed by atoms with Crippen LogP contribution >= 0.6 is 0 Å². The molecule has 1 heterocycles. The van der Waals surface area contributed by atoms with Gasteiger partial charge in [0.25, 0.3) is 0 Å². The van der Waals surface area contributed by atoms with Crippen molar-refractivity contribution in [1.82, 2.24) is 14.9 Å². The van der Waals surface area contributed by atoms with Gasteiger partial charge < -0.3 is 26.5 Å². The fourth-order valence-electron chi connectivity index (χ4n) is 2.68. The van der Waals surface area contributed by atoms with E-state index in [0.29, 0.717) is 17.0 Å². The number of ether oxygens (including phenoxy) is 1. The number of methoxy groups -OCH3 is 1. The van der Waals surface area contributed by atoms with E-state index in [4.69, 9.17) is 21.9 Å². The summed E-state index contributed by atoms with van der Waals surface area (Å²) >= 11 is 0. The van der Waals surface area contributed by atoms with Gasteiger partial charge in [-0.1, -0.05) is 6.08 Å². The van der Waals surface area contributed by atoms with Crippen LogP contribution in [0.25, 0.3) is 11.0 Å². The highest BCUT2D eigenvalue weighted by Crippen LogP contribution is 2.20. The molecule has 2 atom stereocenters. The second kappa shape index (κ2) is 8.61.